The predicted octanol–water partition coefficient (Wildman–Crippen LogP) is 3.62. The summed E-state index contributed by atoms with van der Waals surface area (Å²) in [6.45, 7) is 10.4. The molecule has 140 valence electrons. The van der Waals surface area contributed by atoms with E-state index in [1.807, 2.05) is 10.6 Å². The maximum atomic E-state index is 10.2. The summed E-state index contributed by atoms with van der Waals surface area (Å²) < 4.78 is 1.85. The van der Waals surface area contributed by atoms with Gasteiger partial charge in [0.2, 0.25) is 0 Å². The van der Waals surface area contributed by atoms with E-state index >= 15 is 0 Å². The van der Waals surface area contributed by atoms with Crippen LogP contribution in [0.25, 0.3) is 11.0 Å². The number of aryl methyl sites for hydroxylation is 2. The van der Waals surface area contributed by atoms with Gasteiger partial charge in [0.1, 0.15) is 5.52 Å². The van der Waals surface area contributed by atoms with Crippen LogP contribution >= 0.6 is 0 Å². The maximum Gasteiger partial charge on any atom is 0.294 e. The van der Waals surface area contributed by atoms with Gasteiger partial charge in [-0.2, -0.15) is 4.98 Å². The van der Waals surface area contributed by atoms with E-state index in [1.54, 1.807) is 0 Å². The third-order valence-electron chi connectivity index (χ3n) is 4.30. The first-order valence-corrected chi connectivity index (χ1v) is 9.41. The van der Waals surface area contributed by atoms with Gasteiger partial charge < -0.3 is 16.2 Å². The lowest BCUT2D eigenvalue weighted by Crippen LogP contribution is -2.36. The Balaban J connectivity index is 2.06. The average Bonchev–Trinajstić information content (AvgIpc) is 2.83. The third kappa shape index (κ3) is 5.59. The quantitative estimate of drug-likeness (QED) is 0.603. The number of hydrogen-bond acceptors (Lipinski definition) is 5. The molecule has 4 N–H and O–H groups in total. The van der Waals surface area contributed by atoms with Crippen molar-refractivity contribution < 1.29 is 5.11 Å². The molecule has 25 heavy (non-hydrogen) atoms. The molecular formula is C19H33N5O. The standard InChI is InChI=1S/C19H33N5O/c1-5-6-7-10-14-13-15-16(17(20)22-14)23-18(25)24(15)12-9-8-11-21-19(2,3)4/h13,21H,5-12H2,1-4H3,(H2,20,22)(H,23,25). The van der Waals surface area contributed by atoms with Gasteiger partial charge in [0.05, 0.1) is 5.52 Å². The Bertz CT molecular complexity index is 687. The van der Waals surface area contributed by atoms with E-state index in [0.717, 1.165) is 50.0 Å². The fourth-order valence-electron chi connectivity index (χ4n) is 2.95. The number of hydrogen-bond donors (Lipinski definition) is 3. The molecule has 0 bridgehead atoms. The molecule has 6 nitrogen and oxygen atoms in total. The molecule has 0 saturated carbocycles. The molecule has 0 spiro atoms. The van der Waals surface area contributed by atoms with Crippen molar-refractivity contribution in [2.75, 3.05) is 12.3 Å². The van der Waals surface area contributed by atoms with Crippen molar-refractivity contribution >= 4 is 16.9 Å². The van der Waals surface area contributed by atoms with Crippen molar-refractivity contribution in [2.45, 2.75) is 78.3 Å². The fourth-order valence-corrected chi connectivity index (χ4v) is 2.95. The Hall–Kier alpha value is -1.82. The topological polar surface area (TPSA) is 89.0 Å². The SMILES string of the molecule is CCCCCc1cc2c(nc(O)n2CCCCNC(C)(C)C)c(N)n1. The number of fused-ring (bicyclic) bond motifs is 1. The lowest BCUT2D eigenvalue weighted by Gasteiger charge is -2.20. The zero-order valence-corrected chi connectivity index (χ0v) is 16.1. The molecule has 2 rings (SSSR count). The van der Waals surface area contributed by atoms with Gasteiger partial charge in [-0.3, -0.25) is 4.57 Å². The number of aromatic hydroxyl groups is 1. The number of nitrogen functional groups attached to an aromatic ring is 1. The average molecular weight is 348 g/mol. The van der Waals surface area contributed by atoms with Crippen LogP contribution in [0.2, 0.25) is 0 Å². The van der Waals surface area contributed by atoms with Gasteiger partial charge in [-0.15, -0.1) is 0 Å². The van der Waals surface area contributed by atoms with Crippen molar-refractivity contribution in [1.82, 2.24) is 19.9 Å². The normalized spacial score (nSPS) is 12.2. The number of unbranched alkanes of at least 4 members (excludes halogenated alkanes) is 3. The first-order chi connectivity index (χ1) is 11.8. The highest BCUT2D eigenvalue weighted by molar-refractivity contribution is 5.86. The third-order valence-corrected chi connectivity index (χ3v) is 4.30. The van der Waals surface area contributed by atoms with E-state index < -0.39 is 0 Å². The second kappa shape index (κ2) is 8.52. The molecular weight excluding hydrogens is 314 g/mol. The lowest BCUT2D eigenvalue weighted by atomic mass is 10.1. The van der Waals surface area contributed by atoms with Gasteiger partial charge in [-0.05, 0) is 59.1 Å². The summed E-state index contributed by atoms with van der Waals surface area (Å²) in [5.41, 5.74) is 8.67. The first kappa shape index (κ1) is 19.5. The minimum absolute atomic E-state index is 0.0259. The minimum Gasteiger partial charge on any atom is -0.480 e. The largest absolute Gasteiger partial charge is 0.480 e. The second-order valence-electron chi connectivity index (χ2n) is 7.77. The Labute approximate surface area is 150 Å². The molecule has 0 fully saturated rings. The van der Waals surface area contributed by atoms with E-state index in [-0.39, 0.29) is 11.5 Å². The fraction of sp³-hybridized carbons (Fsp3) is 0.684. The summed E-state index contributed by atoms with van der Waals surface area (Å²) in [7, 11) is 0. The molecule has 0 aliphatic heterocycles. The molecule has 6 heteroatoms. The van der Waals surface area contributed by atoms with Gasteiger partial charge in [0, 0.05) is 17.8 Å². The van der Waals surface area contributed by atoms with E-state index in [0.29, 0.717) is 11.3 Å². The molecule has 0 aliphatic rings. The molecule has 2 aromatic rings. The van der Waals surface area contributed by atoms with Crippen LogP contribution in [-0.2, 0) is 13.0 Å². The van der Waals surface area contributed by atoms with E-state index in [1.165, 1.54) is 12.8 Å². The number of nitrogens with one attached hydrogen (secondary N) is 1. The Kier molecular flexibility index (Phi) is 6.64. The van der Waals surface area contributed by atoms with Crippen LogP contribution in [-0.4, -0.2) is 31.7 Å². The minimum atomic E-state index is 0.0259. The van der Waals surface area contributed by atoms with Crippen LogP contribution in [0.3, 0.4) is 0 Å². The monoisotopic (exact) mass is 347 g/mol. The Morgan fingerprint density at radius 3 is 2.60 bits per heavy atom. The van der Waals surface area contributed by atoms with Crippen LogP contribution in [0, 0.1) is 0 Å². The zero-order chi connectivity index (χ0) is 18.4. The van der Waals surface area contributed by atoms with Gasteiger partial charge in [0.25, 0.3) is 6.01 Å². The maximum absolute atomic E-state index is 10.2. The highest BCUT2D eigenvalue weighted by atomic mass is 16.3. The molecule has 0 atom stereocenters. The van der Waals surface area contributed by atoms with E-state index in [4.69, 9.17) is 5.73 Å². The number of anilines is 1. The van der Waals surface area contributed by atoms with Crippen LogP contribution in [0.4, 0.5) is 5.82 Å². The summed E-state index contributed by atoms with van der Waals surface area (Å²) in [6.07, 6.45) is 6.39. The number of imidazole rings is 1. The molecule has 0 unspecified atom stereocenters. The molecule has 0 radical (unpaired) electrons. The number of nitrogens with two attached hydrogens (primary N) is 1. The van der Waals surface area contributed by atoms with Gasteiger partial charge >= 0.3 is 0 Å². The Morgan fingerprint density at radius 1 is 1.16 bits per heavy atom. The highest BCUT2D eigenvalue weighted by Gasteiger charge is 2.14. The number of aromatic nitrogens is 3. The molecule has 0 amide bonds. The van der Waals surface area contributed by atoms with Crippen molar-refractivity contribution in [3.05, 3.63) is 11.8 Å². The van der Waals surface area contributed by atoms with Crippen molar-refractivity contribution in [2.24, 2.45) is 0 Å². The number of nitrogens with zero attached hydrogens (tertiary/aromatic N) is 3. The van der Waals surface area contributed by atoms with Gasteiger partial charge in [0.15, 0.2) is 5.82 Å². The summed E-state index contributed by atoms with van der Waals surface area (Å²) in [5, 5.41) is 13.7. The van der Waals surface area contributed by atoms with Crippen LogP contribution in [0.5, 0.6) is 6.01 Å². The Morgan fingerprint density at radius 2 is 1.92 bits per heavy atom. The first-order valence-electron chi connectivity index (χ1n) is 9.41. The van der Waals surface area contributed by atoms with Crippen LogP contribution in [0.1, 0.15) is 65.5 Å². The predicted molar refractivity (Wildman–Crippen MR) is 104 cm³/mol. The van der Waals surface area contributed by atoms with Crippen molar-refractivity contribution in [3.8, 4) is 6.01 Å². The van der Waals surface area contributed by atoms with Crippen LogP contribution in [0.15, 0.2) is 6.07 Å². The lowest BCUT2D eigenvalue weighted by molar-refractivity contribution is 0.388. The molecule has 0 aromatic carbocycles. The number of rotatable bonds is 9. The summed E-state index contributed by atoms with van der Waals surface area (Å²) in [4.78, 5) is 8.65. The van der Waals surface area contributed by atoms with E-state index in [9.17, 15) is 5.11 Å². The van der Waals surface area contributed by atoms with Crippen LogP contribution < -0.4 is 11.1 Å². The second-order valence-corrected chi connectivity index (χ2v) is 7.77. The highest BCUT2D eigenvalue weighted by Crippen LogP contribution is 2.26. The summed E-state index contributed by atoms with van der Waals surface area (Å²) in [6, 6.07) is 2.06. The summed E-state index contributed by atoms with van der Waals surface area (Å²) >= 11 is 0. The van der Waals surface area contributed by atoms with Gasteiger partial charge in [-0.25, -0.2) is 4.98 Å². The molecule has 2 aromatic heterocycles. The summed E-state index contributed by atoms with van der Waals surface area (Å²) in [5.74, 6) is 0.410. The van der Waals surface area contributed by atoms with Crippen molar-refractivity contribution in [3.63, 3.8) is 0 Å². The van der Waals surface area contributed by atoms with Crippen molar-refractivity contribution in [1.29, 1.82) is 0 Å². The molecule has 0 aliphatic carbocycles. The molecule has 2 heterocycles. The number of pyridine rings is 1. The van der Waals surface area contributed by atoms with E-state index in [2.05, 4.69) is 43.0 Å². The molecule has 0 saturated heterocycles. The smallest absolute Gasteiger partial charge is 0.294 e. The van der Waals surface area contributed by atoms with Gasteiger partial charge in [-0.1, -0.05) is 19.8 Å². The zero-order valence-electron chi connectivity index (χ0n) is 16.1.